The summed E-state index contributed by atoms with van der Waals surface area (Å²) < 4.78 is 11.5. The van der Waals surface area contributed by atoms with Crippen LogP contribution in [0.3, 0.4) is 0 Å². The Labute approximate surface area is 254 Å². The zero-order valence-electron chi connectivity index (χ0n) is 23.8. The lowest BCUT2D eigenvalue weighted by molar-refractivity contribution is 0.0664. The van der Waals surface area contributed by atoms with Crippen molar-refractivity contribution in [2.75, 3.05) is 19.1 Å². The van der Waals surface area contributed by atoms with E-state index in [-0.39, 0.29) is 17.3 Å². The van der Waals surface area contributed by atoms with Crippen molar-refractivity contribution in [1.29, 1.82) is 0 Å². The highest BCUT2D eigenvalue weighted by Gasteiger charge is 2.72. The summed E-state index contributed by atoms with van der Waals surface area (Å²) in [5, 5.41) is 0.545. The summed E-state index contributed by atoms with van der Waals surface area (Å²) in [5.74, 6) is -0.753. The van der Waals surface area contributed by atoms with E-state index in [1.807, 2.05) is 48.2 Å². The molecule has 4 aromatic carbocycles. The first-order valence-electron chi connectivity index (χ1n) is 14.1. The van der Waals surface area contributed by atoms with Gasteiger partial charge in [0, 0.05) is 38.9 Å². The van der Waals surface area contributed by atoms with Gasteiger partial charge in [-0.2, -0.15) is 0 Å². The number of ketones is 3. The normalized spacial score (nSPS) is 21.0. The van der Waals surface area contributed by atoms with Gasteiger partial charge in [-0.05, 0) is 48.9 Å². The largest absolute Gasteiger partial charge is 0.497 e. The number of anilines is 1. The van der Waals surface area contributed by atoms with Gasteiger partial charge < -0.3 is 14.4 Å². The Bertz CT molecular complexity index is 1830. The number of carbonyl (C=O) groups excluding carboxylic acids is 3. The van der Waals surface area contributed by atoms with E-state index in [1.165, 1.54) is 0 Å². The van der Waals surface area contributed by atoms with Crippen molar-refractivity contribution in [3.63, 3.8) is 0 Å². The average molecular weight is 590 g/mol. The molecule has 214 valence electrons. The maximum Gasteiger partial charge on any atom is 0.185 e. The molecule has 0 N–H and O–H groups in total. The van der Waals surface area contributed by atoms with E-state index >= 15 is 0 Å². The Balaban J connectivity index is 1.58. The molecule has 0 radical (unpaired) electrons. The summed E-state index contributed by atoms with van der Waals surface area (Å²) in [6, 6.07) is 23.4. The smallest absolute Gasteiger partial charge is 0.185 e. The summed E-state index contributed by atoms with van der Waals surface area (Å²) in [4.78, 5) is 46.5. The summed E-state index contributed by atoms with van der Waals surface area (Å²) in [7, 11) is 3.10. The van der Waals surface area contributed by atoms with Crippen LogP contribution in [-0.2, 0) is 0 Å². The molecule has 0 saturated carbocycles. The quantitative estimate of drug-likeness (QED) is 0.185. The van der Waals surface area contributed by atoms with Crippen LogP contribution in [0, 0.1) is 12.3 Å². The highest BCUT2D eigenvalue weighted by atomic mass is 35.5. The van der Waals surface area contributed by atoms with E-state index in [0.717, 1.165) is 16.8 Å². The molecule has 2 aliphatic heterocycles. The zero-order chi connectivity index (χ0) is 30.0. The van der Waals surface area contributed by atoms with Crippen molar-refractivity contribution in [2.24, 2.45) is 5.41 Å². The minimum absolute atomic E-state index is 0.204. The van der Waals surface area contributed by atoms with Gasteiger partial charge in [-0.25, -0.2) is 0 Å². The fraction of sp³-hybridized carbons (Fsp3) is 0.194. The molecule has 1 spiro atoms. The number of Topliss-reactive ketones (excluding diaryl/α,β-unsaturated/α-hetero) is 3. The molecule has 1 aliphatic carbocycles. The van der Waals surface area contributed by atoms with Crippen LogP contribution in [0.1, 0.15) is 53.7 Å². The summed E-state index contributed by atoms with van der Waals surface area (Å²) in [6.07, 6.45) is 3.77. The van der Waals surface area contributed by atoms with Crippen LogP contribution in [0.25, 0.3) is 6.08 Å². The predicted octanol–water partition coefficient (Wildman–Crippen LogP) is 6.98. The number of fused-ring (bicyclic) bond motifs is 5. The molecule has 0 amide bonds. The predicted molar refractivity (Wildman–Crippen MR) is 166 cm³/mol. The molecule has 4 aromatic rings. The molecule has 0 aromatic heterocycles. The fourth-order valence-electron chi connectivity index (χ4n) is 7.26. The maximum absolute atomic E-state index is 14.9. The SMILES string of the molecule is COc1ccc(OC)c([C@H]2[C@H](C(=O)c3ccc(C)cc3)N3c4ccc(Cl)cc4C=C[C@H]3C23C(=O)c2ccccc2C3=O)c1. The standard InChI is InChI=1S/C36H28ClNO5/c1-20-8-10-21(11-9-20)33(39)32-31(27-19-24(42-2)14-16-29(27)43-3)36(34(40)25-6-4-5-7-26(25)35(36)41)30-17-12-22-18-23(37)13-15-28(22)38(30)32/h4-19,30-32H,1-3H3/t30-,31-,32+/m0/s1. The highest BCUT2D eigenvalue weighted by Crippen LogP contribution is 2.62. The van der Waals surface area contributed by atoms with E-state index in [0.29, 0.717) is 38.8 Å². The number of methoxy groups -OCH3 is 2. The lowest BCUT2D eigenvalue weighted by atomic mass is 9.64. The topological polar surface area (TPSA) is 72.9 Å². The van der Waals surface area contributed by atoms with Crippen LogP contribution in [0.15, 0.2) is 91.0 Å². The van der Waals surface area contributed by atoms with Gasteiger partial charge in [0.1, 0.15) is 23.0 Å². The molecule has 0 unspecified atom stereocenters. The van der Waals surface area contributed by atoms with Crippen molar-refractivity contribution < 1.29 is 23.9 Å². The van der Waals surface area contributed by atoms with Crippen molar-refractivity contribution in [3.05, 3.63) is 129 Å². The number of nitrogens with zero attached hydrogens (tertiary/aromatic N) is 1. The van der Waals surface area contributed by atoms with Crippen LogP contribution >= 0.6 is 11.6 Å². The number of halogens is 1. The molecule has 1 saturated heterocycles. The number of aryl methyl sites for hydroxylation is 1. The molecular weight excluding hydrogens is 562 g/mol. The minimum Gasteiger partial charge on any atom is -0.497 e. The molecule has 7 heteroatoms. The maximum atomic E-state index is 14.9. The average Bonchev–Trinajstić information content (AvgIpc) is 3.46. The first-order valence-corrected chi connectivity index (χ1v) is 14.5. The van der Waals surface area contributed by atoms with E-state index in [9.17, 15) is 14.4 Å². The van der Waals surface area contributed by atoms with Crippen LogP contribution in [0.5, 0.6) is 11.5 Å². The second-order valence-electron chi connectivity index (χ2n) is 11.2. The molecule has 3 atom stereocenters. The molecule has 7 rings (SSSR count). The Morgan fingerprint density at radius 3 is 2.21 bits per heavy atom. The summed E-state index contributed by atoms with van der Waals surface area (Å²) >= 11 is 6.40. The molecule has 0 bridgehead atoms. The highest BCUT2D eigenvalue weighted by molar-refractivity contribution is 6.33. The number of rotatable bonds is 5. The molecule has 6 nitrogen and oxygen atoms in total. The third-order valence-electron chi connectivity index (χ3n) is 9.14. The first-order chi connectivity index (χ1) is 20.8. The lowest BCUT2D eigenvalue weighted by Crippen LogP contribution is -2.48. The Morgan fingerprint density at radius 1 is 0.860 bits per heavy atom. The monoisotopic (exact) mass is 589 g/mol. The molecule has 1 fully saturated rings. The molecule has 2 heterocycles. The number of hydrogen-bond acceptors (Lipinski definition) is 6. The first kappa shape index (κ1) is 27.2. The molecular formula is C36H28ClNO5. The van der Waals surface area contributed by atoms with E-state index in [4.69, 9.17) is 21.1 Å². The molecule has 43 heavy (non-hydrogen) atoms. The van der Waals surface area contributed by atoms with Gasteiger partial charge in [-0.3, -0.25) is 14.4 Å². The van der Waals surface area contributed by atoms with Crippen LogP contribution in [-0.4, -0.2) is 43.7 Å². The van der Waals surface area contributed by atoms with Crippen LogP contribution in [0.2, 0.25) is 5.02 Å². The molecule has 3 aliphatic rings. The third-order valence-corrected chi connectivity index (χ3v) is 9.38. The lowest BCUT2D eigenvalue weighted by Gasteiger charge is -2.37. The number of ether oxygens (including phenoxy) is 2. The van der Waals surface area contributed by atoms with Crippen molar-refractivity contribution in [1.82, 2.24) is 0 Å². The van der Waals surface area contributed by atoms with Gasteiger partial charge in [0.05, 0.1) is 20.3 Å². The Morgan fingerprint density at radius 2 is 1.56 bits per heavy atom. The van der Waals surface area contributed by atoms with E-state index in [1.54, 1.807) is 74.9 Å². The Hall–Kier alpha value is -4.68. The van der Waals surface area contributed by atoms with Gasteiger partial charge in [-0.1, -0.05) is 77.8 Å². The van der Waals surface area contributed by atoms with Gasteiger partial charge >= 0.3 is 0 Å². The number of carbonyl (C=O) groups is 3. The summed E-state index contributed by atoms with van der Waals surface area (Å²) in [6.45, 7) is 1.96. The second-order valence-corrected chi connectivity index (χ2v) is 11.7. The third kappa shape index (κ3) is 3.76. The minimum atomic E-state index is -1.65. The van der Waals surface area contributed by atoms with Crippen molar-refractivity contribution >= 4 is 40.7 Å². The fourth-order valence-corrected chi connectivity index (χ4v) is 7.44. The Kier molecular flexibility index (Phi) is 6.29. The number of hydrogen-bond donors (Lipinski definition) is 0. The zero-order valence-corrected chi connectivity index (χ0v) is 24.6. The van der Waals surface area contributed by atoms with Crippen LogP contribution in [0.4, 0.5) is 5.69 Å². The van der Waals surface area contributed by atoms with Gasteiger partial charge in [-0.15, -0.1) is 0 Å². The van der Waals surface area contributed by atoms with E-state index in [2.05, 4.69) is 0 Å². The van der Waals surface area contributed by atoms with Gasteiger partial charge in [0.2, 0.25) is 0 Å². The number of benzene rings is 4. The van der Waals surface area contributed by atoms with Crippen LogP contribution < -0.4 is 14.4 Å². The summed E-state index contributed by atoms with van der Waals surface area (Å²) in [5.41, 5.74) is 2.65. The van der Waals surface area contributed by atoms with E-state index < -0.39 is 23.4 Å². The second kappa shape index (κ2) is 9.96. The van der Waals surface area contributed by atoms with Crippen molar-refractivity contribution in [3.8, 4) is 11.5 Å². The van der Waals surface area contributed by atoms with Gasteiger partial charge in [0.25, 0.3) is 0 Å². The van der Waals surface area contributed by atoms with Crippen molar-refractivity contribution in [2.45, 2.75) is 24.9 Å². The van der Waals surface area contributed by atoms with Gasteiger partial charge in [0.15, 0.2) is 17.3 Å².